The molecule has 2 saturated heterocycles. The van der Waals surface area contributed by atoms with Crippen LogP contribution in [0.3, 0.4) is 0 Å². The van der Waals surface area contributed by atoms with Gasteiger partial charge in [0.25, 0.3) is 0 Å². The van der Waals surface area contributed by atoms with E-state index in [-0.39, 0.29) is 0 Å². The minimum absolute atomic E-state index is 0.501. The Kier molecular flexibility index (Phi) is 2.71. The Hall–Kier alpha value is -1.22. The lowest BCUT2D eigenvalue weighted by atomic mass is 9.68. The molecule has 2 atom stereocenters. The van der Waals surface area contributed by atoms with Crippen molar-refractivity contribution < 1.29 is 4.74 Å². The lowest BCUT2D eigenvalue weighted by Gasteiger charge is -2.53. The van der Waals surface area contributed by atoms with Crippen LogP contribution >= 0.6 is 0 Å². The first kappa shape index (κ1) is 10.9. The number of rotatable bonds is 3. The summed E-state index contributed by atoms with van der Waals surface area (Å²) in [6.45, 7) is 5.11. The molecule has 2 N–H and O–H groups in total. The number of para-hydroxylation sites is 2. The molecule has 1 aromatic rings. The fraction of sp³-hybridized carbons (Fsp3) is 0.571. The van der Waals surface area contributed by atoms with Gasteiger partial charge in [-0.15, -0.1) is 0 Å². The number of anilines is 2. The molecule has 1 aliphatic carbocycles. The third kappa shape index (κ3) is 1.78. The van der Waals surface area contributed by atoms with Crippen LogP contribution in [0.1, 0.15) is 13.3 Å². The number of nitrogen functional groups attached to an aromatic ring is 1. The zero-order chi connectivity index (χ0) is 11.8. The minimum Gasteiger partial charge on any atom is -0.397 e. The highest BCUT2D eigenvalue weighted by Gasteiger charge is 2.47. The van der Waals surface area contributed by atoms with Gasteiger partial charge < -0.3 is 15.4 Å². The van der Waals surface area contributed by atoms with Gasteiger partial charge in [0.1, 0.15) is 0 Å². The van der Waals surface area contributed by atoms with Gasteiger partial charge in [0.2, 0.25) is 0 Å². The molecule has 0 aromatic heterocycles. The molecule has 2 heterocycles. The van der Waals surface area contributed by atoms with E-state index in [9.17, 15) is 0 Å². The first-order valence-electron chi connectivity index (χ1n) is 6.50. The standard InChI is InChI=1S/C14H20N2O/c1-2-17-14-10-7-11(14)9-16(8-10)13-6-4-3-5-12(13)15/h3-6,10-11,14H,2,7-9,15H2,1H3. The summed E-state index contributed by atoms with van der Waals surface area (Å²) in [7, 11) is 0. The summed E-state index contributed by atoms with van der Waals surface area (Å²) in [5, 5.41) is 0. The summed E-state index contributed by atoms with van der Waals surface area (Å²) in [4.78, 5) is 2.42. The first-order chi connectivity index (χ1) is 8.29. The van der Waals surface area contributed by atoms with Crippen LogP contribution in [0.4, 0.5) is 11.4 Å². The van der Waals surface area contributed by atoms with Crippen molar-refractivity contribution in [1.82, 2.24) is 0 Å². The molecule has 2 unspecified atom stereocenters. The van der Waals surface area contributed by atoms with Crippen molar-refractivity contribution in [3.8, 4) is 0 Å². The van der Waals surface area contributed by atoms with Crippen LogP contribution in [0.25, 0.3) is 0 Å². The molecular formula is C14H20N2O. The first-order valence-corrected chi connectivity index (χ1v) is 6.50. The van der Waals surface area contributed by atoms with Crippen molar-refractivity contribution in [3.05, 3.63) is 24.3 Å². The molecule has 4 rings (SSSR count). The number of nitrogens with two attached hydrogens (primary N) is 1. The number of benzene rings is 1. The summed E-state index contributed by atoms with van der Waals surface area (Å²) in [5.74, 6) is 1.40. The Morgan fingerprint density at radius 3 is 2.65 bits per heavy atom. The molecule has 92 valence electrons. The van der Waals surface area contributed by atoms with E-state index in [0.717, 1.165) is 25.4 Å². The monoisotopic (exact) mass is 232 g/mol. The van der Waals surface area contributed by atoms with E-state index < -0.39 is 0 Å². The third-order valence-corrected chi connectivity index (χ3v) is 4.08. The molecule has 2 bridgehead atoms. The van der Waals surface area contributed by atoms with E-state index in [1.165, 1.54) is 12.1 Å². The molecule has 3 fully saturated rings. The second-order valence-corrected chi connectivity index (χ2v) is 5.14. The molecule has 3 nitrogen and oxygen atoms in total. The lowest BCUT2D eigenvalue weighted by molar-refractivity contribution is -0.0995. The van der Waals surface area contributed by atoms with Crippen molar-refractivity contribution >= 4 is 11.4 Å². The fourth-order valence-corrected chi connectivity index (χ4v) is 3.28. The second-order valence-electron chi connectivity index (χ2n) is 5.14. The van der Waals surface area contributed by atoms with E-state index >= 15 is 0 Å². The fourth-order valence-electron chi connectivity index (χ4n) is 3.28. The number of piperidine rings is 2. The average molecular weight is 232 g/mol. The number of nitrogens with zero attached hydrogens (tertiary/aromatic N) is 1. The zero-order valence-electron chi connectivity index (χ0n) is 10.3. The van der Waals surface area contributed by atoms with E-state index in [1.54, 1.807) is 0 Å². The number of hydrogen-bond donors (Lipinski definition) is 1. The summed E-state index contributed by atoms with van der Waals surface area (Å²) < 4.78 is 5.80. The molecule has 0 radical (unpaired) electrons. The molecule has 3 aliphatic rings. The Morgan fingerprint density at radius 2 is 2.00 bits per heavy atom. The van der Waals surface area contributed by atoms with E-state index in [4.69, 9.17) is 10.5 Å². The maximum Gasteiger partial charge on any atom is 0.0665 e. The highest BCUT2D eigenvalue weighted by Crippen LogP contribution is 2.44. The molecule has 1 aromatic carbocycles. The molecule has 3 heteroatoms. The Bertz CT molecular complexity index is 395. The SMILES string of the molecule is CCOC1C2CC1CN(c1ccccc1N)C2. The molecule has 0 amide bonds. The number of hydrogen-bond acceptors (Lipinski definition) is 3. The molecule has 2 aliphatic heterocycles. The van der Waals surface area contributed by atoms with Gasteiger partial charge in [0, 0.05) is 31.5 Å². The predicted molar refractivity (Wildman–Crippen MR) is 70.1 cm³/mol. The van der Waals surface area contributed by atoms with Crippen molar-refractivity contribution in [3.63, 3.8) is 0 Å². The smallest absolute Gasteiger partial charge is 0.0665 e. The Balaban J connectivity index is 1.72. The minimum atomic E-state index is 0.501. The Labute approximate surface area is 103 Å². The zero-order valence-corrected chi connectivity index (χ0v) is 10.3. The normalized spacial score (nSPS) is 31.1. The highest BCUT2D eigenvalue weighted by atomic mass is 16.5. The summed E-state index contributed by atoms with van der Waals surface area (Å²) in [6, 6.07) is 8.16. The molecule has 1 saturated carbocycles. The number of ether oxygens (including phenoxy) is 1. The van der Waals surface area contributed by atoms with Crippen LogP contribution in [0.5, 0.6) is 0 Å². The summed E-state index contributed by atoms with van der Waals surface area (Å²) in [6.07, 6.45) is 1.83. The van der Waals surface area contributed by atoms with Crippen molar-refractivity contribution in [2.45, 2.75) is 19.4 Å². The quantitative estimate of drug-likeness (QED) is 0.811. The van der Waals surface area contributed by atoms with Gasteiger partial charge in [-0.1, -0.05) is 12.1 Å². The predicted octanol–water partition coefficient (Wildman–Crippen LogP) is 2.13. The van der Waals surface area contributed by atoms with Crippen LogP contribution in [0, 0.1) is 11.8 Å². The maximum atomic E-state index is 6.03. The van der Waals surface area contributed by atoms with Gasteiger partial charge in [-0.3, -0.25) is 0 Å². The topological polar surface area (TPSA) is 38.5 Å². The molecular weight excluding hydrogens is 212 g/mol. The van der Waals surface area contributed by atoms with Crippen LogP contribution in [-0.2, 0) is 4.74 Å². The Morgan fingerprint density at radius 1 is 1.29 bits per heavy atom. The second kappa shape index (κ2) is 4.22. The van der Waals surface area contributed by atoms with E-state index in [2.05, 4.69) is 24.0 Å². The van der Waals surface area contributed by atoms with Gasteiger partial charge in [-0.25, -0.2) is 0 Å². The van der Waals surface area contributed by atoms with Crippen molar-refractivity contribution in [2.75, 3.05) is 30.3 Å². The van der Waals surface area contributed by atoms with Crippen LogP contribution in [0.15, 0.2) is 24.3 Å². The maximum absolute atomic E-state index is 6.03. The molecule has 17 heavy (non-hydrogen) atoms. The van der Waals surface area contributed by atoms with Gasteiger partial charge >= 0.3 is 0 Å². The molecule has 0 spiro atoms. The van der Waals surface area contributed by atoms with Gasteiger partial charge in [-0.05, 0) is 25.5 Å². The third-order valence-electron chi connectivity index (χ3n) is 4.08. The largest absolute Gasteiger partial charge is 0.397 e. The van der Waals surface area contributed by atoms with E-state index in [1.807, 2.05) is 12.1 Å². The average Bonchev–Trinajstić information content (AvgIpc) is 2.36. The summed E-state index contributed by atoms with van der Waals surface area (Å²) in [5.41, 5.74) is 8.11. The van der Waals surface area contributed by atoms with E-state index in [0.29, 0.717) is 17.9 Å². The van der Waals surface area contributed by atoms with Gasteiger partial charge in [0.05, 0.1) is 17.5 Å². The number of fused-ring (bicyclic) bond motifs is 2. The van der Waals surface area contributed by atoms with Crippen LogP contribution < -0.4 is 10.6 Å². The van der Waals surface area contributed by atoms with Crippen LogP contribution in [0.2, 0.25) is 0 Å². The van der Waals surface area contributed by atoms with Crippen molar-refractivity contribution in [2.24, 2.45) is 11.8 Å². The van der Waals surface area contributed by atoms with Gasteiger partial charge in [0.15, 0.2) is 0 Å². The van der Waals surface area contributed by atoms with Crippen molar-refractivity contribution in [1.29, 1.82) is 0 Å². The van der Waals surface area contributed by atoms with Gasteiger partial charge in [-0.2, -0.15) is 0 Å². The highest BCUT2D eigenvalue weighted by molar-refractivity contribution is 5.67. The lowest BCUT2D eigenvalue weighted by Crippen LogP contribution is -2.59. The summed E-state index contributed by atoms with van der Waals surface area (Å²) >= 11 is 0. The van der Waals surface area contributed by atoms with Crippen LogP contribution in [-0.4, -0.2) is 25.8 Å².